The molecule has 1 aromatic heterocycles. The lowest BCUT2D eigenvalue weighted by Gasteiger charge is -2.07. The SMILES string of the molecule is COc1cccc(CC(=O)NCc2cccc(C)n2)c1. The van der Waals surface area contributed by atoms with E-state index in [1.807, 2.05) is 49.4 Å². The summed E-state index contributed by atoms with van der Waals surface area (Å²) in [4.78, 5) is 16.2. The largest absolute Gasteiger partial charge is 0.497 e. The maximum atomic E-state index is 11.9. The Balaban J connectivity index is 1.89. The molecule has 0 bridgehead atoms. The zero-order chi connectivity index (χ0) is 14.4. The van der Waals surface area contributed by atoms with Crippen LogP contribution in [0.4, 0.5) is 0 Å². The Morgan fingerprint density at radius 2 is 2.05 bits per heavy atom. The molecule has 0 aliphatic heterocycles. The molecule has 0 saturated heterocycles. The molecular formula is C16H18N2O2. The monoisotopic (exact) mass is 270 g/mol. The number of methoxy groups -OCH3 is 1. The number of aryl methyl sites for hydroxylation is 1. The van der Waals surface area contributed by atoms with Gasteiger partial charge in [0, 0.05) is 5.69 Å². The molecule has 1 heterocycles. The van der Waals surface area contributed by atoms with Crippen LogP contribution in [0, 0.1) is 6.92 Å². The van der Waals surface area contributed by atoms with Gasteiger partial charge in [-0.1, -0.05) is 18.2 Å². The molecule has 104 valence electrons. The topological polar surface area (TPSA) is 51.2 Å². The van der Waals surface area contributed by atoms with Crippen molar-refractivity contribution >= 4 is 5.91 Å². The second-order valence-electron chi connectivity index (χ2n) is 4.58. The average molecular weight is 270 g/mol. The number of pyridine rings is 1. The van der Waals surface area contributed by atoms with Crippen LogP contribution in [0.5, 0.6) is 5.75 Å². The highest BCUT2D eigenvalue weighted by Crippen LogP contribution is 2.12. The molecule has 0 unspecified atom stereocenters. The van der Waals surface area contributed by atoms with E-state index in [4.69, 9.17) is 4.74 Å². The van der Waals surface area contributed by atoms with Crippen molar-refractivity contribution in [2.45, 2.75) is 19.9 Å². The third kappa shape index (κ3) is 4.09. The van der Waals surface area contributed by atoms with Crippen LogP contribution >= 0.6 is 0 Å². The first-order valence-corrected chi connectivity index (χ1v) is 6.49. The minimum absolute atomic E-state index is 0.0263. The molecule has 1 N–H and O–H groups in total. The van der Waals surface area contributed by atoms with Crippen molar-refractivity contribution in [2.75, 3.05) is 7.11 Å². The fourth-order valence-corrected chi connectivity index (χ4v) is 1.92. The Labute approximate surface area is 118 Å². The van der Waals surface area contributed by atoms with Crippen LogP contribution in [-0.2, 0) is 17.8 Å². The van der Waals surface area contributed by atoms with E-state index in [0.717, 1.165) is 22.7 Å². The molecule has 20 heavy (non-hydrogen) atoms. The predicted octanol–water partition coefficient (Wildman–Crippen LogP) is 2.26. The first-order valence-electron chi connectivity index (χ1n) is 6.49. The number of carbonyl (C=O) groups is 1. The summed E-state index contributed by atoms with van der Waals surface area (Å²) in [5, 5.41) is 2.87. The maximum absolute atomic E-state index is 11.9. The summed E-state index contributed by atoms with van der Waals surface area (Å²) in [6.45, 7) is 2.38. The van der Waals surface area contributed by atoms with E-state index < -0.39 is 0 Å². The van der Waals surface area contributed by atoms with E-state index >= 15 is 0 Å². The molecule has 0 fully saturated rings. The van der Waals surface area contributed by atoms with E-state index in [-0.39, 0.29) is 5.91 Å². The number of nitrogens with zero attached hydrogens (tertiary/aromatic N) is 1. The highest BCUT2D eigenvalue weighted by atomic mass is 16.5. The van der Waals surface area contributed by atoms with Crippen LogP contribution in [0.25, 0.3) is 0 Å². The molecule has 0 spiro atoms. The first kappa shape index (κ1) is 14.1. The van der Waals surface area contributed by atoms with E-state index in [1.54, 1.807) is 7.11 Å². The molecule has 2 rings (SSSR count). The van der Waals surface area contributed by atoms with Crippen LogP contribution in [0.3, 0.4) is 0 Å². The minimum atomic E-state index is -0.0263. The number of ether oxygens (including phenoxy) is 1. The number of benzene rings is 1. The number of carbonyl (C=O) groups excluding carboxylic acids is 1. The van der Waals surface area contributed by atoms with E-state index in [9.17, 15) is 4.79 Å². The second-order valence-corrected chi connectivity index (χ2v) is 4.58. The van der Waals surface area contributed by atoms with Crippen molar-refractivity contribution in [3.8, 4) is 5.75 Å². The second kappa shape index (κ2) is 6.70. The minimum Gasteiger partial charge on any atom is -0.497 e. The van der Waals surface area contributed by atoms with Crippen molar-refractivity contribution in [1.29, 1.82) is 0 Å². The molecular weight excluding hydrogens is 252 g/mol. The molecule has 0 saturated carbocycles. The van der Waals surface area contributed by atoms with Gasteiger partial charge in [0.1, 0.15) is 5.75 Å². The molecule has 0 radical (unpaired) electrons. The lowest BCUT2D eigenvalue weighted by molar-refractivity contribution is -0.120. The predicted molar refractivity (Wildman–Crippen MR) is 77.5 cm³/mol. The van der Waals surface area contributed by atoms with Gasteiger partial charge in [-0.15, -0.1) is 0 Å². The van der Waals surface area contributed by atoms with Gasteiger partial charge in [0.25, 0.3) is 0 Å². The normalized spacial score (nSPS) is 10.1. The summed E-state index contributed by atoms with van der Waals surface area (Å²) in [7, 11) is 1.61. The van der Waals surface area contributed by atoms with Gasteiger partial charge in [-0.2, -0.15) is 0 Å². The third-order valence-corrected chi connectivity index (χ3v) is 2.91. The van der Waals surface area contributed by atoms with Crippen LogP contribution in [0.2, 0.25) is 0 Å². The van der Waals surface area contributed by atoms with Crippen molar-refractivity contribution < 1.29 is 9.53 Å². The zero-order valence-corrected chi connectivity index (χ0v) is 11.7. The van der Waals surface area contributed by atoms with Gasteiger partial charge in [-0.3, -0.25) is 9.78 Å². The lowest BCUT2D eigenvalue weighted by atomic mass is 10.1. The molecule has 4 heteroatoms. The lowest BCUT2D eigenvalue weighted by Crippen LogP contribution is -2.25. The number of rotatable bonds is 5. The summed E-state index contributed by atoms with van der Waals surface area (Å²) in [6.07, 6.45) is 0.336. The van der Waals surface area contributed by atoms with Gasteiger partial charge >= 0.3 is 0 Å². The molecule has 0 atom stereocenters. The van der Waals surface area contributed by atoms with Gasteiger partial charge in [0.15, 0.2) is 0 Å². The Morgan fingerprint density at radius 1 is 1.25 bits per heavy atom. The fourth-order valence-electron chi connectivity index (χ4n) is 1.92. The van der Waals surface area contributed by atoms with Gasteiger partial charge in [0.2, 0.25) is 5.91 Å². The smallest absolute Gasteiger partial charge is 0.224 e. The van der Waals surface area contributed by atoms with Crippen LogP contribution in [0.15, 0.2) is 42.5 Å². The van der Waals surface area contributed by atoms with E-state index in [2.05, 4.69) is 10.3 Å². The molecule has 0 aliphatic carbocycles. The summed E-state index contributed by atoms with van der Waals surface area (Å²) < 4.78 is 5.14. The third-order valence-electron chi connectivity index (χ3n) is 2.91. The molecule has 4 nitrogen and oxygen atoms in total. The summed E-state index contributed by atoms with van der Waals surface area (Å²) in [6, 6.07) is 13.3. The van der Waals surface area contributed by atoms with E-state index in [0.29, 0.717) is 13.0 Å². The quantitative estimate of drug-likeness (QED) is 0.906. The Bertz CT molecular complexity index is 597. The van der Waals surface area contributed by atoms with Crippen molar-refractivity contribution in [3.63, 3.8) is 0 Å². The number of aromatic nitrogens is 1. The van der Waals surface area contributed by atoms with Gasteiger partial charge in [0.05, 0.1) is 25.8 Å². The number of amides is 1. The molecule has 0 aliphatic rings. The molecule has 1 amide bonds. The number of hydrogen-bond donors (Lipinski definition) is 1. The van der Waals surface area contributed by atoms with Crippen LogP contribution < -0.4 is 10.1 Å². The standard InChI is InChI=1S/C16H18N2O2/c1-12-5-3-7-14(18-12)11-17-16(19)10-13-6-4-8-15(9-13)20-2/h3-9H,10-11H2,1-2H3,(H,17,19). The van der Waals surface area contributed by atoms with Crippen molar-refractivity contribution in [3.05, 3.63) is 59.4 Å². The Hall–Kier alpha value is -2.36. The van der Waals surface area contributed by atoms with Gasteiger partial charge < -0.3 is 10.1 Å². The van der Waals surface area contributed by atoms with E-state index in [1.165, 1.54) is 0 Å². The Kier molecular flexibility index (Phi) is 4.71. The van der Waals surface area contributed by atoms with Gasteiger partial charge in [-0.25, -0.2) is 0 Å². The molecule has 1 aromatic carbocycles. The Morgan fingerprint density at radius 3 is 2.80 bits per heavy atom. The summed E-state index contributed by atoms with van der Waals surface area (Å²) in [5.41, 5.74) is 2.74. The maximum Gasteiger partial charge on any atom is 0.224 e. The number of nitrogens with one attached hydrogen (secondary N) is 1. The number of hydrogen-bond acceptors (Lipinski definition) is 3. The fraction of sp³-hybridized carbons (Fsp3) is 0.250. The van der Waals surface area contributed by atoms with Crippen molar-refractivity contribution in [1.82, 2.24) is 10.3 Å². The van der Waals surface area contributed by atoms with Gasteiger partial charge in [-0.05, 0) is 36.8 Å². The highest BCUT2D eigenvalue weighted by molar-refractivity contribution is 5.78. The first-order chi connectivity index (χ1) is 9.67. The van der Waals surface area contributed by atoms with Crippen molar-refractivity contribution in [2.24, 2.45) is 0 Å². The molecule has 2 aromatic rings. The van der Waals surface area contributed by atoms with Crippen LogP contribution in [0.1, 0.15) is 17.0 Å². The highest BCUT2D eigenvalue weighted by Gasteiger charge is 2.05. The summed E-state index contributed by atoms with van der Waals surface area (Å²) in [5.74, 6) is 0.734. The summed E-state index contributed by atoms with van der Waals surface area (Å²) >= 11 is 0. The average Bonchev–Trinajstić information content (AvgIpc) is 2.45. The zero-order valence-electron chi connectivity index (χ0n) is 11.7. The van der Waals surface area contributed by atoms with Crippen LogP contribution in [-0.4, -0.2) is 18.0 Å².